The number of fused-ring (bicyclic) bond motifs is 1. The van der Waals surface area contributed by atoms with Crippen LogP contribution in [0.25, 0.3) is 22.3 Å². The zero-order chi connectivity index (χ0) is 28.2. The third kappa shape index (κ3) is 5.84. The standard InChI is InChI=1S/C31H27F2N3O4/c1-19-6-7-23(24(32)14-19)18-40-30-5-3-4-26(35-30)21-9-8-20(25(33)15-21)17-29-34-27-16-22(31(37)38)10-11-28(27)36(29)12-13-39-2/h3-11,14-16H,12-13,17-18H2,1-2H3,(H,37,38). The van der Waals surface area contributed by atoms with Crippen LogP contribution in [0.1, 0.15) is 32.9 Å². The van der Waals surface area contributed by atoms with Crippen molar-refractivity contribution in [2.45, 2.75) is 26.5 Å². The van der Waals surface area contributed by atoms with Crippen molar-refractivity contribution in [1.82, 2.24) is 14.5 Å². The normalized spacial score (nSPS) is 11.2. The van der Waals surface area contributed by atoms with Crippen molar-refractivity contribution in [3.63, 3.8) is 0 Å². The summed E-state index contributed by atoms with van der Waals surface area (Å²) in [6.07, 6.45) is 0.200. The number of ether oxygens (including phenoxy) is 2. The zero-order valence-electron chi connectivity index (χ0n) is 22.0. The highest BCUT2D eigenvalue weighted by Gasteiger charge is 2.16. The maximum Gasteiger partial charge on any atom is 0.335 e. The number of halogens is 2. The van der Waals surface area contributed by atoms with Gasteiger partial charge in [0.15, 0.2) is 0 Å². The highest BCUT2D eigenvalue weighted by atomic mass is 19.1. The number of aromatic carboxylic acids is 1. The second kappa shape index (κ2) is 11.6. The molecule has 0 saturated heterocycles. The second-order valence-electron chi connectivity index (χ2n) is 9.41. The first-order valence-electron chi connectivity index (χ1n) is 12.7. The molecule has 3 aromatic carbocycles. The molecule has 9 heteroatoms. The number of benzene rings is 3. The van der Waals surface area contributed by atoms with E-state index in [0.29, 0.717) is 52.8 Å². The lowest BCUT2D eigenvalue weighted by molar-refractivity contribution is 0.0697. The molecule has 0 aliphatic carbocycles. The van der Waals surface area contributed by atoms with Gasteiger partial charge in [0.2, 0.25) is 5.88 Å². The molecule has 0 fully saturated rings. The summed E-state index contributed by atoms with van der Waals surface area (Å²) in [5.41, 5.74) is 4.16. The van der Waals surface area contributed by atoms with Gasteiger partial charge in [-0.3, -0.25) is 0 Å². The number of methoxy groups -OCH3 is 1. The number of carboxylic acids is 1. The summed E-state index contributed by atoms with van der Waals surface area (Å²) in [4.78, 5) is 20.5. The first kappa shape index (κ1) is 27.0. The van der Waals surface area contributed by atoms with Crippen molar-refractivity contribution in [1.29, 1.82) is 0 Å². The Bertz CT molecular complexity index is 1700. The molecule has 1 N–H and O–H groups in total. The van der Waals surface area contributed by atoms with E-state index in [0.717, 1.165) is 11.1 Å². The van der Waals surface area contributed by atoms with E-state index in [4.69, 9.17) is 9.47 Å². The van der Waals surface area contributed by atoms with E-state index < -0.39 is 11.8 Å². The van der Waals surface area contributed by atoms with Crippen molar-refractivity contribution in [3.05, 3.63) is 113 Å². The van der Waals surface area contributed by atoms with Gasteiger partial charge in [-0.2, -0.15) is 0 Å². The molecule has 0 saturated carbocycles. The van der Waals surface area contributed by atoms with Gasteiger partial charge < -0.3 is 19.1 Å². The molecule has 5 aromatic rings. The van der Waals surface area contributed by atoms with Crippen LogP contribution in [-0.4, -0.2) is 39.3 Å². The third-order valence-electron chi connectivity index (χ3n) is 6.60. The fraction of sp³-hybridized carbons (Fsp3) is 0.194. The van der Waals surface area contributed by atoms with Gasteiger partial charge in [0.05, 0.1) is 28.9 Å². The van der Waals surface area contributed by atoms with Crippen LogP contribution in [0.15, 0.2) is 72.8 Å². The molecule has 40 heavy (non-hydrogen) atoms. The summed E-state index contributed by atoms with van der Waals surface area (Å²) in [5, 5.41) is 9.34. The number of pyridine rings is 1. The predicted octanol–water partition coefficient (Wildman–Crippen LogP) is 6.20. The van der Waals surface area contributed by atoms with Crippen LogP contribution in [0.3, 0.4) is 0 Å². The number of aryl methyl sites for hydroxylation is 1. The van der Waals surface area contributed by atoms with Gasteiger partial charge >= 0.3 is 5.97 Å². The van der Waals surface area contributed by atoms with Gasteiger partial charge in [0.1, 0.15) is 24.1 Å². The molecular formula is C31H27F2N3O4. The van der Waals surface area contributed by atoms with Crippen LogP contribution < -0.4 is 4.74 Å². The molecular weight excluding hydrogens is 516 g/mol. The SMILES string of the molecule is COCCn1c(Cc2ccc(-c3cccc(OCc4ccc(C)cc4F)n3)cc2F)nc2cc(C(=O)O)ccc21. The molecule has 0 aliphatic heterocycles. The van der Waals surface area contributed by atoms with Crippen LogP contribution in [-0.2, 0) is 24.3 Å². The van der Waals surface area contributed by atoms with E-state index in [2.05, 4.69) is 9.97 Å². The average Bonchev–Trinajstić information content (AvgIpc) is 3.28. The highest BCUT2D eigenvalue weighted by Crippen LogP contribution is 2.26. The number of rotatable bonds is 10. The topological polar surface area (TPSA) is 86.5 Å². The molecule has 0 amide bonds. The lowest BCUT2D eigenvalue weighted by Gasteiger charge is -2.11. The largest absolute Gasteiger partial charge is 0.478 e. The van der Waals surface area contributed by atoms with Crippen molar-refractivity contribution in [2.75, 3.05) is 13.7 Å². The molecule has 2 aromatic heterocycles. The fourth-order valence-corrected chi connectivity index (χ4v) is 4.48. The Morgan fingerprint density at radius 3 is 2.50 bits per heavy atom. The van der Waals surface area contributed by atoms with Crippen LogP contribution >= 0.6 is 0 Å². The molecule has 5 rings (SSSR count). The van der Waals surface area contributed by atoms with E-state index in [1.54, 1.807) is 49.6 Å². The molecule has 0 bridgehead atoms. The minimum atomic E-state index is -1.04. The first-order chi connectivity index (χ1) is 19.3. The summed E-state index contributed by atoms with van der Waals surface area (Å²) in [6, 6.07) is 19.7. The number of nitrogens with zero attached hydrogens (tertiary/aromatic N) is 3. The summed E-state index contributed by atoms with van der Waals surface area (Å²) >= 11 is 0. The summed E-state index contributed by atoms with van der Waals surface area (Å²) < 4.78 is 42.3. The molecule has 2 heterocycles. The van der Waals surface area contributed by atoms with Crippen molar-refractivity contribution in [2.24, 2.45) is 0 Å². The van der Waals surface area contributed by atoms with Crippen molar-refractivity contribution in [3.8, 4) is 17.1 Å². The van der Waals surface area contributed by atoms with Crippen LogP contribution in [0.5, 0.6) is 5.88 Å². The first-order valence-corrected chi connectivity index (χ1v) is 12.7. The van der Waals surface area contributed by atoms with Gasteiger partial charge in [0.25, 0.3) is 0 Å². The zero-order valence-corrected chi connectivity index (χ0v) is 22.0. The van der Waals surface area contributed by atoms with Gasteiger partial charge in [-0.25, -0.2) is 23.5 Å². The molecule has 7 nitrogen and oxygen atoms in total. The van der Waals surface area contributed by atoms with E-state index in [1.165, 1.54) is 24.3 Å². The van der Waals surface area contributed by atoms with Gasteiger partial charge in [0, 0.05) is 37.3 Å². The average molecular weight is 544 g/mol. The van der Waals surface area contributed by atoms with Gasteiger partial charge in [-0.1, -0.05) is 30.3 Å². The van der Waals surface area contributed by atoms with Crippen LogP contribution in [0.2, 0.25) is 0 Å². The van der Waals surface area contributed by atoms with Crippen molar-refractivity contribution >= 4 is 17.0 Å². The summed E-state index contributed by atoms with van der Waals surface area (Å²) in [5.74, 6) is -0.912. The summed E-state index contributed by atoms with van der Waals surface area (Å²) in [7, 11) is 1.59. The fourth-order valence-electron chi connectivity index (χ4n) is 4.48. The van der Waals surface area contributed by atoms with E-state index in [-0.39, 0.29) is 24.4 Å². The van der Waals surface area contributed by atoms with Crippen LogP contribution in [0, 0.1) is 18.6 Å². The molecule has 0 aliphatic rings. The third-order valence-corrected chi connectivity index (χ3v) is 6.60. The summed E-state index contributed by atoms with van der Waals surface area (Å²) in [6.45, 7) is 2.74. The van der Waals surface area contributed by atoms with Crippen LogP contribution in [0.4, 0.5) is 8.78 Å². The minimum Gasteiger partial charge on any atom is -0.478 e. The number of hydrogen-bond donors (Lipinski definition) is 1. The quantitative estimate of drug-likeness (QED) is 0.226. The smallest absolute Gasteiger partial charge is 0.335 e. The number of carbonyl (C=O) groups is 1. The Kier molecular flexibility index (Phi) is 7.84. The molecule has 0 radical (unpaired) electrons. The molecule has 0 spiro atoms. The Morgan fingerprint density at radius 2 is 1.75 bits per heavy atom. The Labute approximate surface area is 229 Å². The maximum absolute atomic E-state index is 15.3. The Morgan fingerprint density at radius 1 is 0.950 bits per heavy atom. The van der Waals surface area contributed by atoms with Crippen molar-refractivity contribution < 1.29 is 28.2 Å². The monoisotopic (exact) mass is 543 g/mol. The second-order valence-corrected chi connectivity index (χ2v) is 9.41. The Balaban J connectivity index is 1.37. The van der Waals surface area contributed by atoms with E-state index in [1.807, 2.05) is 17.6 Å². The number of imidazole rings is 1. The highest BCUT2D eigenvalue weighted by molar-refractivity contribution is 5.92. The number of aromatic nitrogens is 3. The molecule has 0 unspecified atom stereocenters. The number of hydrogen-bond acceptors (Lipinski definition) is 5. The predicted molar refractivity (Wildman–Crippen MR) is 146 cm³/mol. The maximum atomic E-state index is 15.3. The minimum absolute atomic E-state index is 0.0217. The molecule has 0 atom stereocenters. The van der Waals surface area contributed by atoms with Gasteiger partial charge in [-0.05, 0) is 54.4 Å². The molecule has 204 valence electrons. The Hall–Kier alpha value is -4.63. The van der Waals surface area contributed by atoms with Gasteiger partial charge in [-0.15, -0.1) is 0 Å². The van der Waals surface area contributed by atoms with E-state index in [9.17, 15) is 14.3 Å². The lowest BCUT2D eigenvalue weighted by Crippen LogP contribution is -2.09. The number of carboxylic acid groups (broad SMARTS) is 1. The van der Waals surface area contributed by atoms with E-state index >= 15 is 4.39 Å². The lowest BCUT2D eigenvalue weighted by atomic mass is 10.1.